The molecule has 0 fully saturated rings. The summed E-state index contributed by atoms with van der Waals surface area (Å²) in [5, 5.41) is 9.69. The molecule has 0 aliphatic rings. The van der Waals surface area contributed by atoms with Crippen molar-refractivity contribution in [3.05, 3.63) is 14.5 Å². The van der Waals surface area contributed by atoms with Crippen LogP contribution in [0.3, 0.4) is 0 Å². The number of aldehydes is 1. The maximum atomic E-state index is 10.8. The molecule has 0 bridgehead atoms. The minimum Gasteiger partial charge on any atom is -0.506 e. The Hall–Kier alpha value is -0.750. The molecule has 0 spiro atoms. The van der Waals surface area contributed by atoms with Crippen LogP contribution in [0.15, 0.2) is 8.95 Å². The maximum Gasteiger partial charge on any atom is 0.157 e. The van der Waals surface area contributed by atoms with Crippen LogP contribution in [-0.4, -0.2) is 25.6 Å². The van der Waals surface area contributed by atoms with Gasteiger partial charge < -0.3 is 14.6 Å². The van der Waals surface area contributed by atoms with Crippen molar-refractivity contribution in [2.24, 2.45) is 0 Å². The summed E-state index contributed by atoms with van der Waals surface area (Å²) in [7, 11) is 2.85. The van der Waals surface area contributed by atoms with E-state index in [2.05, 4.69) is 31.9 Å². The summed E-state index contributed by atoms with van der Waals surface area (Å²) in [6.07, 6.45) is 0.517. The first-order valence-electron chi connectivity index (χ1n) is 3.85. The number of rotatable bonds is 3. The van der Waals surface area contributed by atoms with E-state index in [1.165, 1.54) is 14.2 Å². The zero-order chi connectivity index (χ0) is 11.6. The number of phenols is 1. The van der Waals surface area contributed by atoms with Crippen LogP contribution in [0.2, 0.25) is 0 Å². The van der Waals surface area contributed by atoms with Crippen LogP contribution in [0.1, 0.15) is 10.4 Å². The molecule has 0 saturated carbocycles. The van der Waals surface area contributed by atoms with Crippen LogP contribution in [-0.2, 0) is 0 Å². The van der Waals surface area contributed by atoms with E-state index >= 15 is 0 Å². The fraction of sp³-hybridized carbons (Fsp3) is 0.222. The van der Waals surface area contributed by atoms with Gasteiger partial charge in [0.1, 0.15) is 20.3 Å². The third-order valence-corrected chi connectivity index (χ3v) is 3.29. The molecular formula is C9H8Br2O4. The van der Waals surface area contributed by atoms with Gasteiger partial charge in [-0.05, 0) is 31.9 Å². The molecule has 0 aliphatic carbocycles. The number of halogens is 2. The topological polar surface area (TPSA) is 55.8 Å². The molecule has 0 heterocycles. The number of phenolic OH excluding ortho intramolecular Hbond substituents is 1. The van der Waals surface area contributed by atoms with E-state index in [1.54, 1.807) is 0 Å². The van der Waals surface area contributed by atoms with Gasteiger partial charge in [0.15, 0.2) is 17.8 Å². The van der Waals surface area contributed by atoms with Crippen molar-refractivity contribution in [3.8, 4) is 17.2 Å². The first kappa shape index (κ1) is 12.3. The summed E-state index contributed by atoms with van der Waals surface area (Å²) in [5.41, 5.74) is 0.0667. The molecule has 1 N–H and O–H groups in total. The molecule has 0 unspecified atom stereocenters. The quantitative estimate of drug-likeness (QED) is 0.860. The number of hydrogen-bond donors (Lipinski definition) is 1. The van der Waals surface area contributed by atoms with Crippen molar-refractivity contribution in [1.82, 2.24) is 0 Å². The van der Waals surface area contributed by atoms with Crippen molar-refractivity contribution in [1.29, 1.82) is 0 Å². The molecule has 4 nitrogen and oxygen atoms in total. The lowest BCUT2D eigenvalue weighted by molar-refractivity contribution is 0.111. The van der Waals surface area contributed by atoms with Gasteiger partial charge in [-0.1, -0.05) is 0 Å². The summed E-state index contributed by atoms with van der Waals surface area (Å²) in [5.74, 6) is 0.402. The van der Waals surface area contributed by atoms with E-state index in [1.807, 2.05) is 0 Å². The maximum absolute atomic E-state index is 10.8. The number of carbonyl (C=O) groups excluding carboxylic acids is 1. The lowest BCUT2D eigenvalue weighted by Gasteiger charge is -2.14. The fourth-order valence-corrected chi connectivity index (χ4v) is 2.71. The highest BCUT2D eigenvalue weighted by molar-refractivity contribution is 9.11. The van der Waals surface area contributed by atoms with Gasteiger partial charge in [0, 0.05) is 0 Å². The highest BCUT2D eigenvalue weighted by Gasteiger charge is 2.22. The molecule has 15 heavy (non-hydrogen) atoms. The standard InChI is InChI=1S/C9H8Br2O4/c1-14-8-4(3-12)7(13)5(10)9(15-2)6(8)11/h3,13H,1-2H3. The molecule has 0 aromatic heterocycles. The lowest BCUT2D eigenvalue weighted by Crippen LogP contribution is -1.97. The van der Waals surface area contributed by atoms with E-state index < -0.39 is 0 Å². The average molecular weight is 340 g/mol. The number of methoxy groups -OCH3 is 2. The van der Waals surface area contributed by atoms with Gasteiger partial charge >= 0.3 is 0 Å². The van der Waals surface area contributed by atoms with E-state index in [4.69, 9.17) is 9.47 Å². The Balaban J connectivity index is 3.64. The van der Waals surface area contributed by atoms with Gasteiger partial charge in [-0.25, -0.2) is 0 Å². The highest BCUT2D eigenvalue weighted by Crippen LogP contribution is 2.48. The predicted octanol–water partition coefficient (Wildman–Crippen LogP) is 2.75. The summed E-state index contributed by atoms with van der Waals surface area (Å²) in [6, 6.07) is 0. The van der Waals surface area contributed by atoms with Crippen molar-refractivity contribution in [3.63, 3.8) is 0 Å². The minimum absolute atomic E-state index is 0.0667. The van der Waals surface area contributed by atoms with Gasteiger partial charge in [-0.15, -0.1) is 0 Å². The van der Waals surface area contributed by atoms with Crippen LogP contribution in [0, 0.1) is 0 Å². The molecule has 0 atom stereocenters. The second-order valence-electron chi connectivity index (χ2n) is 2.57. The smallest absolute Gasteiger partial charge is 0.157 e. The number of ether oxygens (including phenoxy) is 2. The molecule has 1 rings (SSSR count). The van der Waals surface area contributed by atoms with Gasteiger partial charge in [-0.2, -0.15) is 0 Å². The second-order valence-corrected chi connectivity index (χ2v) is 4.16. The Morgan fingerprint density at radius 1 is 1.13 bits per heavy atom. The number of benzene rings is 1. The third kappa shape index (κ3) is 1.96. The Kier molecular flexibility index (Phi) is 3.98. The van der Waals surface area contributed by atoms with Crippen molar-refractivity contribution >= 4 is 38.1 Å². The molecule has 6 heteroatoms. The summed E-state index contributed by atoms with van der Waals surface area (Å²) >= 11 is 6.35. The molecule has 82 valence electrons. The van der Waals surface area contributed by atoms with Gasteiger partial charge in [0.25, 0.3) is 0 Å². The average Bonchev–Trinajstić information content (AvgIpc) is 2.23. The Bertz CT molecular complexity index is 404. The number of hydrogen-bond acceptors (Lipinski definition) is 4. The Morgan fingerprint density at radius 3 is 2.07 bits per heavy atom. The van der Waals surface area contributed by atoms with Crippen molar-refractivity contribution in [2.75, 3.05) is 14.2 Å². The molecule has 0 aliphatic heterocycles. The molecule has 0 saturated heterocycles. The van der Waals surface area contributed by atoms with Crippen molar-refractivity contribution < 1.29 is 19.4 Å². The second kappa shape index (κ2) is 4.85. The molecular weight excluding hydrogens is 332 g/mol. The first-order chi connectivity index (χ1) is 7.08. The summed E-state index contributed by atoms with van der Waals surface area (Å²) in [4.78, 5) is 10.8. The van der Waals surface area contributed by atoms with Gasteiger partial charge in [0.05, 0.1) is 14.2 Å². The van der Waals surface area contributed by atoms with Crippen LogP contribution in [0.25, 0.3) is 0 Å². The lowest BCUT2D eigenvalue weighted by atomic mass is 10.2. The SMILES string of the molecule is COc1c(Br)c(O)c(C=O)c(OC)c1Br. The third-order valence-electron chi connectivity index (χ3n) is 1.83. The monoisotopic (exact) mass is 338 g/mol. The molecule has 0 amide bonds. The van der Waals surface area contributed by atoms with Crippen LogP contribution in [0.5, 0.6) is 17.2 Å². The summed E-state index contributed by atoms with van der Waals surface area (Å²) in [6.45, 7) is 0. The highest BCUT2D eigenvalue weighted by atomic mass is 79.9. The van der Waals surface area contributed by atoms with E-state index in [-0.39, 0.29) is 17.1 Å². The van der Waals surface area contributed by atoms with E-state index in [0.717, 1.165) is 0 Å². The first-order valence-corrected chi connectivity index (χ1v) is 5.44. The molecule has 0 radical (unpaired) electrons. The normalized spacial score (nSPS) is 9.87. The van der Waals surface area contributed by atoms with Crippen molar-refractivity contribution in [2.45, 2.75) is 0 Å². The summed E-state index contributed by atoms with van der Waals surface area (Å²) < 4.78 is 10.8. The largest absolute Gasteiger partial charge is 0.506 e. The van der Waals surface area contributed by atoms with Crippen LogP contribution >= 0.6 is 31.9 Å². The Morgan fingerprint density at radius 2 is 1.67 bits per heavy atom. The Labute approximate surface area is 103 Å². The molecule has 1 aromatic carbocycles. The molecule has 1 aromatic rings. The van der Waals surface area contributed by atoms with Crippen LogP contribution < -0.4 is 9.47 Å². The fourth-order valence-electron chi connectivity index (χ4n) is 1.14. The number of carbonyl (C=O) groups is 1. The van der Waals surface area contributed by atoms with Crippen LogP contribution in [0.4, 0.5) is 0 Å². The zero-order valence-electron chi connectivity index (χ0n) is 8.01. The van der Waals surface area contributed by atoms with Gasteiger partial charge in [0.2, 0.25) is 0 Å². The number of aromatic hydroxyl groups is 1. The van der Waals surface area contributed by atoms with E-state index in [9.17, 15) is 9.90 Å². The van der Waals surface area contributed by atoms with E-state index in [0.29, 0.717) is 21.0 Å². The predicted molar refractivity (Wildman–Crippen MR) is 62.0 cm³/mol. The van der Waals surface area contributed by atoms with Gasteiger partial charge in [-0.3, -0.25) is 4.79 Å². The minimum atomic E-state index is -0.207. The zero-order valence-corrected chi connectivity index (χ0v) is 11.2.